The van der Waals surface area contributed by atoms with Crippen molar-refractivity contribution in [3.63, 3.8) is 0 Å². The lowest BCUT2D eigenvalue weighted by molar-refractivity contribution is -0.140. The first-order valence-corrected chi connectivity index (χ1v) is 18.6. The predicted octanol–water partition coefficient (Wildman–Crippen LogP) is 7.85. The van der Waals surface area contributed by atoms with Gasteiger partial charge in [-0.2, -0.15) is 0 Å². The van der Waals surface area contributed by atoms with Crippen molar-refractivity contribution in [2.75, 3.05) is 17.4 Å². The number of nitrogens with one attached hydrogen (secondary N) is 1. The Labute approximate surface area is 302 Å². The Hall–Kier alpha value is -4.93. The molecule has 50 heavy (non-hydrogen) atoms. The lowest BCUT2D eigenvalue weighted by Gasteiger charge is -2.34. The molecule has 1 N–H and O–H groups in total. The van der Waals surface area contributed by atoms with E-state index in [1.54, 1.807) is 42.5 Å². The number of rotatable bonds is 15. The molecule has 1 atom stereocenters. The number of benzene rings is 5. The molecule has 0 heterocycles. The number of carbonyl (C=O) groups is 2. The topological polar surface area (TPSA) is 96.0 Å². The second-order valence-corrected chi connectivity index (χ2v) is 15.0. The van der Waals surface area contributed by atoms with Crippen molar-refractivity contribution in [1.82, 2.24) is 10.2 Å². The second kappa shape index (κ2) is 17.1. The lowest BCUT2D eigenvalue weighted by atomic mass is 10.0. The standard InChI is InChI=1S/C40H40BrN3O5S/c1-30(2)27-42-40(46)38(26-31-12-6-3-7-13-31)43(28-32-18-20-33(41)21-19-32)39(45)29-44(50(47,48)37-16-10-5-11-17-37)34-22-24-36(25-23-34)49-35-14-8-4-9-15-35/h3-25,30,38H,26-29H2,1-2H3,(H,42,46)/t38-/m0/s1. The lowest BCUT2D eigenvalue weighted by Crippen LogP contribution is -2.53. The van der Waals surface area contributed by atoms with E-state index in [1.807, 2.05) is 98.8 Å². The Kier molecular flexibility index (Phi) is 12.5. The highest BCUT2D eigenvalue weighted by molar-refractivity contribution is 9.10. The fourth-order valence-corrected chi connectivity index (χ4v) is 7.02. The van der Waals surface area contributed by atoms with Gasteiger partial charge in [-0.15, -0.1) is 0 Å². The molecule has 0 aliphatic rings. The summed E-state index contributed by atoms with van der Waals surface area (Å²) in [5.74, 6) is 0.482. The first kappa shape index (κ1) is 36.4. The van der Waals surface area contributed by atoms with Crippen molar-refractivity contribution >= 4 is 43.5 Å². The molecule has 0 unspecified atom stereocenters. The summed E-state index contributed by atoms with van der Waals surface area (Å²) < 4.78 is 36.5. The highest BCUT2D eigenvalue weighted by atomic mass is 79.9. The summed E-state index contributed by atoms with van der Waals surface area (Å²) in [6, 6.07) is 39.9. The third-order valence-corrected chi connectivity index (χ3v) is 10.3. The Balaban J connectivity index is 1.54. The van der Waals surface area contributed by atoms with Crippen molar-refractivity contribution in [3.05, 3.63) is 155 Å². The van der Waals surface area contributed by atoms with Crippen LogP contribution in [0.1, 0.15) is 25.0 Å². The zero-order chi connectivity index (χ0) is 35.5. The van der Waals surface area contributed by atoms with Gasteiger partial charge in [0, 0.05) is 24.0 Å². The van der Waals surface area contributed by atoms with E-state index in [2.05, 4.69) is 21.2 Å². The van der Waals surface area contributed by atoms with Crippen LogP contribution < -0.4 is 14.4 Å². The molecule has 0 aromatic heterocycles. The van der Waals surface area contributed by atoms with Crippen molar-refractivity contribution in [1.29, 1.82) is 0 Å². The molecule has 0 aliphatic heterocycles. The summed E-state index contributed by atoms with van der Waals surface area (Å²) >= 11 is 3.47. The molecule has 0 radical (unpaired) electrons. The number of hydrogen-bond acceptors (Lipinski definition) is 5. The van der Waals surface area contributed by atoms with Gasteiger partial charge in [0.15, 0.2) is 0 Å². The molecule has 10 heteroatoms. The minimum Gasteiger partial charge on any atom is -0.457 e. The van der Waals surface area contributed by atoms with Crippen molar-refractivity contribution < 1.29 is 22.7 Å². The van der Waals surface area contributed by atoms with Gasteiger partial charge in [-0.1, -0.05) is 109 Å². The summed E-state index contributed by atoms with van der Waals surface area (Å²) in [7, 11) is -4.22. The number of amides is 2. The third-order valence-electron chi connectivity index (χ3n) is 7.94. The number of carbonyl (C=O) groups excluding carboxylic acids is 2. The number of para-hydroxylation sites is 1. The summed E-state index contributed by atoms with van der Waals surface area (Å²) in [4.78, 5) is 30.1. The molecule has 5 aromatic carbocycles. The minimum atomic E-state index is -4.22. The van der Waals surface area contributed by atoms with Crippen LogP contribution >= 0.6 is 15.9 Å². The average Bonchev–Trinajstić information content (AvgIpc) is 3.13. The molecule has 258 valence electrons. The van der Waals surface area contributed by atoms with Gasteiger partial charge in [0.1, 0.15) is 24.1 Å². The van der Waals surface area contributed by atoms with Gasteiger partial charge in [-0.05, 0) is 77.7 Å². The van der Waals surface area contributed by atoms with E-state index in [9.17, 15) is 18.0 Å². The summed E-state index contributed by atoms with van der Waals surface area (Å²) in [5, 5.41) is 3.01. The van der Waals surface area contributed by atoms with Gasteiger partial charge in [0.2, 0.25) is 11.8 Å². The Bertz CT molecular complexity index is 1940. The molecule has 0 spiro atoms. The van der Waals surface area contributed by atoms with Crippen LogP contribution in [0.3, 0.4) is 0 Å². The number of sulfonamides is 1. The van der Waals surface area contributed by atoms with Crippen LogP contribution in [0.15, 0.2) is 149 Å². The van der Waals surface area contributed by atoms with Crippen LogP contribution in [0.25, 0.3) is 0 Å². The quantitative estimate of drug-likeness (QED) is 0.118. The molecule has 8 nitrogen and oxygen atoms in total. The van der Waals surface area contributed by atoms with Crippen LogP contribution in [0.5, 0.6) is 11.5 Å². The van der Waals surface area contributed by atoms with Crippen molar-refractivity contribution in [2.45, 2.75) is 37.8 Å². The fourth-order valence-electron chi connectivity index (χ4n) is 5.32. The van der Waals surface area contributed by atoms with E-state index in [1.165, 1.54) is 17.0 Å². The molecule has 0 saturated heterocycles. The summed E-state index contributed by atoms with van der Waals surface area (Å²) in [6.07, 6.45) is 0.240. The van der Waals surface area contributed by atoms with E-state index < -0.39 is 28.5 Å². The normalized spacial score (nSPS) is 11.8. The number of anilines is 1. The van der Waals surface area contributed by atoms with Gasteiger partial charge in [-0.25, -0.2) is 8.42 Å². The monoisotopic (exact) mass is 753 g/mol. The van der Waals surface area contributed by atoms with E-state index in [0.29, 0.717) is 18.0 Å². The SMILES string of the molecule is CC(C)CNC(=O)[C@H](Cc1ccccc1)N(Cc1ccc(Br)cc1)C(=O)CN(c1ccc(Oc2ccccc2)cc1)S(=O)(=O)c1ccccc1. The van der Waals surface area contributed by atoms with Crippen molar-refractivity contribution in [3.8, 4) is 11.5 Å². The van der Waals surface area contributed by atoms with Crippen LogP contribution in [0.4, 0.5) is 5.69 Å². The largest absolute Gasteiger partial charge is 0.457 e. The highest BCUT2D eigenvalue weighted by Gasteiger charge is 2.34. The predicted molar refractivity (Wildman–Crippen MR) is 200 cm³/mol. The molecular formula is C40H40BrN3O5S. The number of nitrogens with zero attached hydrogens (tertiary/aromatic N) is 2. The first-order chi connectivity index (χ1) is 24.1. The minimum absolute atomic E-state index is 0.0346. The maximum atomic E-state index is 14.7. The van der Waals surface area contributed by atoms with Crippen molar-refractivity contribution in [2.24, 2.45) is 5.92 Å². The van der Waals surface area contributed by atoms with Gasteiger partial charge in [0.25, 0.3) is 10.0 Å². The van der Waals surface area contributed by atoms with E-state index in [-0.39, 0.29) is 35.4 Å². The molecule has 5 aromatic rings. The van der Waals surface area contributed by atoms with Crippen LogP contribution in [0, 0.1) is 5.92 Å². The highest BCUT2D eigenvalue weighted by Crippen LogP contribution is 2.29. The zero-order valence-corrected chi connectivity index (χ0v) is 30.4. The average molecular weight is 755 g/mol. The Morgan fingerprint density at radius 2 is 1.28 bits per heavy atom. The van der Waals surface area contributed by atoms with E-state index in [0.717, 1.165) is 19.9 Å². The molecule has 2 amide bonds. The van der Waals surface area contributed by atoms with Crippen LogP contribution in [-0.2, 0) is 32.6 Å². The first-order valence-electron chi connectivity index (χ1n) is 16.4. The molecular weight excluding hydrogens is 714 g/mol. The van der Waals surface area contributed by atoms with E-state index >= 15 is 0 Å². The molecule has 0 bridgehead atoms. The third kappa shape index (κ3) is 9.83. The molecule has 0 fully saturated rings. The number of halogens is 1. The second-order valence-electron chi connectivity index (χ2n) is 12.2. The maximum Gasteiger partial charge on any atom is 0.264 e. The fraction of sp³-hybridized carbons (Fsp3) is 0.200. The van der Waals surface area contributed by atoms with E-state index in [4.69, 9.17) is 4.74 Å². The smallest absolute Gasteiger partial charge is 0.264 e. The molecule has 5 rings (SSSR count). The maximum absolute atomic E-state index is 14.7. The van der Waals surface area contributed by atoms with Crippen LogP contribution in [0.2, 0.25) is 0 Å². The Morgan fingerprint density at radius 3 is 1.88 bits per heavy atom. The summed E-state index contributed by atoms with van der Waals surface area (Å²) in [6.45, 7) is 3.97. The Morgan fingerprint density at radius 1 is 0.720 bits per heavy atom. The summed E-state index contributed by atoms with van der Waals surface area (Å²) in [5.41, 5.74) is 1.93. The number of hydrogen-bond donors (Lipinski definition) is 1. The van der Waals surface area contributed by atoms with Gasteiger partial charge >= 0.3 is 0 Å². The van der Waals surface area contributed by atoms with Gasteiger partial charge in [0.05, 0.1) is 10.6 Å². The molecule has 0 aliphatic carbocycles. The number of ether oxygens (including phenoxy) is 1. The zero-order valence-electron chi connectivity index (χ0n) is 28.0. The van der Waals surface area contributed by atoms with Gasteiger partial charge in [-0.3, -0.25) is 13.9 Å². The van der Waals surface area contributed by atoms with Crippen LogP contribution in [-0.4, -0.2) is 44.3 Å². The van der Waals surface area contributed by atoms with Gasteiger partial charge < -0.3 is 15.0 Å². The molecule has 0 saturated carbocycles.